The minimum atomic E-state index is -1.99. The lowest BCUT2D eigenvalue weighted by molar-refractivity contribution is -0.253. The number of nitrogens with one attached hydrogen (secondary N) is 2. The fraction of sp³-hybridized carbons (Fsp3) is 0.0714. The van der Waals surface area contributed by atoms with Crippen LogP contribution in [0.15, 0.2) is 89.8 Å². The second-order valence-electron chi connectivity index (χ2n) is 8.48. The summed E-state index contributed by atoms with van der Waals surface area (Å²) in [5, 5.41) is 40.0. The van der Waals surface area contributed by atoms with Gasteiger partial charge in [-0.1, -0.05) is 18.2 Å². The van der Waals surface area contributed by atoms with Gasteiger partial charge in [-0.3, -0.25) is 20.4 Å². The summed E-state index contributed by atoms with van der Waals surface area (Å²) in [5.74, 6) is -2.12. The van der Waals surface area contributed by atoms with E-state index >= 15 is 0 Å². The van der Waals surface area contributed by atoms with Crippen molar-refractivity contribution in [1.82, 2.24) is 0 Å². The average Bonchev–Trinajstić information content (AvgIpc) is 2.94. The number of carboxylic acids is 1. The lowest BCUT2D eigenvalue weighted by atomic mass is 10.1. The Morgan fingerprint density at radius 3 is 2.29 bits per heavy atom. The van der Waals surface area contributed by atoms with E-state index in [4.69, 9.17) is 14.3 Å². The summed E-state index contributed by atoms with van der Waals surface area (Å²) >= 11 is -1.99. The molecular formula is C28H24N2O10S. The van der Waals surface area contributed by atoms with Crippen LogP contribution in [0.4, 0.5) is 11.4 Å². The van der Waals surface area contributed by atoms with E-state index in [2.05, 4.69) is 15.7 Å². The first kappa shape index (κ1) is 29.0. The third kappa shape index (κ3) is 7.80. The van der Waals surface area contributed by atoms with Gasteiger partial charge in [0.1, 0.15) is 30.5 Å². The van der Waals surface area contributed by atoms with Crippen LogP contribution in [0.1, 0.15) is 31.8 Å². The number of benzene rings is 4. The van der Waals surface area contributed by atoms with Gasteiger partial charge in [-0.15, -0.1) is 0 Å². The molecule has 4 aromatic rings. The molecule has 0 fully saturated rings. The van der Waals surface area contributed by atoms with Crippen molar-refractivity contribution < 1.29 is 48.3 Å². The van der Waals surface area contributed by atoms with E-state index in [1.165, 1.54) is 36.4 Å². The lowest BCUT2D eigenvalue weighted by Crippen LogP contribution is -2.16. The first-order valence-electron chi connectivity index (χ1n) is 11.9. The Morgan fingerprint density at radius 1 is 0.780 bits per heavy atom. The zero-order valence-electron chi connectivity index (χ0n) is 21.1. The number of hydrogen-bond acceptors (Lipinski definition) is 10. The summed E-state index contributed by atoms with van der Waals surface area (Å²) in [6.45, 7) is -0.0581. The van der Waals surface area contributed by atoms with Gasteiger partial charge in [-0.2, -0.15) is 0 Å². The lowest BCUT2D eigenvalue weighted by Gasteiger charge is -2.12. The normalized spacial score (nSPS) is 11.4. The van der Waals surface area contributed by atoms with Crippen LogP contribution in [0.3, 0.4) is 0 Å². The Morgan fingerprint density at radius 2 is 1.51 bits per heavy atom. The fourth-order valence-electron chi connectivity index (χ4n) is 3.68. The standard InChI is InChI=1S/C28H24N2O10S/c31-21-8-7-17(16-39-36)18(11-21)15-38-30-20-4-1-5-23(12-20)40-41(37)24-6-2-3-19(13-24)29-27(33)26-14-22(32)9-10-25(26)28(34)35/h1-14,30-32,36H,15-16H2,(H,29,33)(H,34,35). The van der Waals surface area contributed by atoms with Crippen molar-refractivity contribution in [2.75, 3.05) is 10.8 Å². The number of phenols is 2. The average molecular weight is 581 g/mol. The smallest absolute Gasteiger partial charge is 0.336 e. The largest absolute Gasteiger partial charge is 0.508 e. The fourth-order valence-corrected chi connectivity index (χ4v) is 4.47. The van der Waals surface area contributed by atoms with E-state index in [1.807, 2.05) is 0 Å². The molecule has 212 valence electrons. The van der Waals surface area contributed by atoms with Crippen LogP contribution in [-0.4, -0.2) is 36.7 Å². The highest BCUT2D eigenvalue weighted by atomic mass is 32.2. The molecule has 4 aromatic carbocycles. The van der Waals surface area contributed by atoms with E-state index in [9.17, 15) is 29.1 Å². The molecule has 12 nitrogen and oxygen atoms in total. The molecule has 0 aliphatic carbocycles. The van der Waals surface area contributed by atoms with Gasteiger partial charge in [0.05, 0.1) is 21.7 Å². The molecule has 1 atom stereocenters. The Hall–Kier alpha value is -4.95. The molecule has 41 heavy (non-hydrogen) atoms. The van der Waals surface area contributed by atoms with Gasteiger partial charge in [0.2, 0.25) is 11.1 Å². The minimum absolute atomic E-state index is 0.0242. The number of carbonyl (C=O) groups is 2. The summed E-state index contributed by atoms with van der Waals surface area (Å²) < 4.78 is 18.5. The third-order valence-corrected chi connectivity index (χ3v) is 6.58. The summed E-state index contributed by atoms with van der Waals surface area (Å²) in [4.78, 5) is 34.0. The Bertz CT molecular complexity index is 1590. The van der Waals surface area contributed by atoms with Gasteiger partial charge in [0, 0.05) is 11.8 Å². The molecule has 4 rings (SSSR count). The summed E-state index contributed by atoms with van der Waals surface area (Å²) in [5.41, 5.74) is 4.09. The van der Waals surface area contributed by atoms with Gasteiger partial charge in [0.15, 0.2) is 0 Å². The van der Waals surface area contributed by atoms with Gasteiger partial charge in [-0.05, 0) is 71.8 Å². The van der Waals surface area contributed by atoms with E-state index in [0.717, 1.165) is 18.2 Å². The van der Waals surface area contributed by atoms with Gasteiger partial charge in [-0.25, -0.2) is 13.9 Å². The molecule has 0 saturated heterocycles. The second-order valence-corrected chi connectivity index (χ2v) is 9.59. The van der Waals surface area contributed by atoms with Crippen molar-refractivity contribution >= 4 is 34.3 Å². The van der Waals surface area contributed by atoms with E-state index in [0.29, 0.717) is 16.8 Å². The number of aromatic hydroxyl groups is 2. The topological polar surface area (TPSA) is 184 Å². The molecule has 1 unspecified atom stereocenters. The van der Waals surface area contributed by atoms with Crippen LogP contribution in [0.5, 0.6) is 17.2 Å². The first-order chi connectivity index (χ1) is 19.7. The zero-order valence-corrected chi connectivity index (χ0v) is 22.0. The maximum Gasteiger partial charge on any atom is 0.336 e. The number of hydrogen-bond donors (Lipinski definition) is 6. The number of phenolic OH excluding ortho intramolecular Hbond substituents is 2. The number of aromatic carboxylic acids is 1. The number of amides is 1. The van der Waals surface area contributed by atoms with Crippen molar-refractivity contribution in [2.45, 2.75) is 18.1 Å². The van der Waals surface area contributed by atoms with E-state index in [-0.39, 0.29) is 52.2 Å². The molecule has 0 aromatic heterocycles. The first-order valence-corrected chi connectivity index (χ1v) is 12.9. The summed E-state index contributed by atoms with van der Waals surface area (Å²) in [6.07, 6.45) is 0. The molecular weight excluding hydrogens is 556 g/mol. The molecule has 0 radical (unpaired) electrons. The zero-order chi connectivity index (χ0) is 29.4. The van der Waals surface area contributed by atoms with Gasteiger partial charge >= 0.3 is 5.97 Å². The van der Waals surface area contributed by atoms with Crippen molar-refractivity contribution in [3.05, 3.63) is 107 Å². The van der Waals surface area contributed by atoms with Crippen LogP contribution in [0.25, 0.3) is 0 Å². The van der Waals surface area contributed by atoms with Crippen LogP contribution in [-0.2, 0) is 34.0 Å². The predicted molar refractivity (Wildman–Crippen MR) is 147 cm³/mol. The number of carboxylic acid groups (broad SMARTS) is 1. The second kappa shape index (κ2) is 13.4. The Balaban J connectivity index is 1.39. The maximum atomic E-state index is 12.9. The molecule has 0 heterocycles. The van der Waals surface area contributed by atoms with Crippen LogP contribution in [0.2, 0.25) is 0 Å². The molecule has 13 heteroatoms. The third-order valence-electron chi connectivity index (χ3n) is 5.60. The van der Waals surface area contributed by atoms with Crippen LogP contribution in [0, 0.1) is 0 Å². The Labute approximate surface area is 235 Å². The van der Waals surface area contributed by atoms with Crippen molar-refractivity contribution in [2.24, 2.45) is 0 Å². The Kier molecular flexibility index (Phi) is 9.50. The van der Waals surface area contributed by atoms with Gasteiger partial charge < -0.3 is 24.8 Å². The predicted octanol–water partition coefficient (Wildman–Crippen LogP) is 4.68. The molecule has 0 aliphatic heterocycles. The monoisotopic (exact) mass is 580 g/mol. The number of carbonyl (C=O) groups excluding carboxylic acids is 1. The highest BCUT2D eigenvalue weighted by Gasteiger charge is 2.18. The molecule has 1 amide bonds. The number of rotatable bonds is 12. The van der Waals surface area contributed by atoms with Crippen molar-refractivity contribution in [3.8, 4) is 17.2 Å². The number of anilines is 2. The molecule has 0 saturated carbocycles. The molecule has 0 bridgehead atoms. The van der Waals surface area contributed by atoms with Crippen LogP contribution < -0.4 is 15.0 Å². The SMILES string of the molecule is O=C(O)c1ccc(O)cc1C(=O)Nc1cccc(S(=O)Oc2cccc(NOCc3cc(O)ccc3COO)c2)c1. The molecule has 0 aliphatic rings. The van der Waals surface area contributed by atoms with Crippen molar-refractivity contribution in [1.29, 1.82) is 0 Å². The summed E-state index contributed by atoms with van der Waals surface area (Å²) in [6, 6.07) is 20.3. The maximum absolute atomic E-state index is 12.9. The van der Waals surface area contributed by atoms with Crippen molar-refractivity contribution in [3.63, 3.8) is 0 Å². The quantitative estimate of drug-likeness (QED) is 0.101. The highest BCUT2D eigenvalue weighted by Crippen LogP contribution is 2.24. The molecule has 6 N–H and O–H groups in total. The van der Waals surface area contributed by atoms with Gasteiger partial charge in [0.25, 0.3) is 5.91 Å². The van der Waals surface area contributed by atoms with Crippen LogP contribution >= 0.6 is 0 Å². The molecule has 0 spiro atoms. The van der Waals surface area contributed by atoms with E-state index < -0.39 is 23.0 Å². The van der Waals surface area contributed by atoms with E-state index in [1.54, 1.807) is 30.3 Å². The summed E-state index contributed by atoms with van der Waals surface area (Å²) in [7, 11) is 0. The highest BCUT2D eigenvalue weighted by molar-refractivity contribution is 7.80. The minimum Gasteiger partial charge on any atom is -0.508 e.